The summed E-state index contributed by atoms with van der Waals surface area (Å²) >= 11 is 0. The van der Waals surface area contributed by atoms with Crippen LogP contribution < -0.4 is 0 Å². The van der Waals surface area contributed by atoms with Crippen LogP contribution in [0.15, 0.2) is 0 Å². The lowest BCUT2D eigenvalue weighted by molar-refractivity contribution is -0.142. The topological polar surface area (TPSA) is 66.8 Å². The molecule has 1 rings (SSSR count). The molecule has 0 aromatic heterocycles. The summed E-state index contributed by atoms with van der Waals surface area (Å²) < 4.78 is 4.81. The average Bonchev–Trinajstić information content (AvgIpc) is 2.56. The largest absolute Gasteiger partial charge is 0.481 e. The van der Waals surface area contributed by atoms with Crippen molar-refractivity contribution in [3.05, 3.63) is 0 Å². The van der Waals surface area contributed by atoms with Crippen molar-refractivity contribution in [2.75, 3.05) is 26.8 Å². The maximum Gasteiger partial charge on any atom is 0.308 e. The third-order valence-electron chi connectivity index (χ3n) is 2.80. The van der Waals surface area contributed by atoms with Crippen LogP contribution in [0.1, 0.15) is 13.3 Å². The van der Waals surface area contributed by atoms with E-state index in [4.69, 9.17) is 9.84 Å². The fourth-order valence-corrected chi connectivity index (χ4v) is 1.84. The molecule has 5 heteroatoms. The molecule has 1 amide bonds. The first-order chi connectivity index (χ1) is 7.06. The maximum atomic E-state index is 11.6. The highest BCUT2D eigenvalue weighted by atomic mass is 16.5. The molecule has 5 nitrogen and oxygen atoms in total. The number of rotatable bonds is 4. The molecule has 1 heterocycles. The molecule has 0 saturated carbocycles. The summed E-state index contributed by atoms with van der Waals surface area (Å²) in [5.41, 5.74) is 0. The van der Waals surface area contributed by atoms with Crippen LogP contribution in [0.5, 0.6) is 0 Å². The molecule has 0 aromatic rings. The predicted octanol–water partition coefficient (Wildman–Crippen LogP) is 0.202. The Morgan fingerprint density at radius 1 is 1.47 bits per heavy atom. The fraction of sp³-hybridized carbons (Fsp3) is 0.800. The van der Waals surface area contributed by atoms with Crippen molar-refractivity contribution < 1.29 is 19.4 Å². The molecule has 0 unspecified atom stereocenters. The van der Waals surface area contributed by atoms with E-state index in [0.717, 1.165) is 0 Å². The molecular weight excluding hydrogens is 198 g/mol. The second-order valence-electron chi connectivity index (χ2n) is 3.96. The Hall–Kier alpha value is -1.10. The average molecular weight is 215 g/mol. The molecular formula is C10H17NO4. The number of amides is 1. The van der Waals surface area contributed by atoms with E-state index in [2.05, 4.69) is 0 Å². The molecule has 0 aromatic carbocycles. The minimum Gasteiger partial charge on any atom is -0.481 e. The second-order valence-corrected chi connectivity index (χ2v) is 3.96. The van der Waals surface area contributed by atoms with Crippen molar-refractivity contribution in [1.29, 1.82) is 0 Å². The van der Waals surface area contributed by atoms with E-state index in [0.29, 0.717) is 26.1 Å². The third-order valence-corrected chi connectivity index (χ3v) is 2.80. The Bertz CT molecular complexity index is 254. The highest BCUT2D eigenvalue weighted by Gasteiger charge is 2.36. The number of hydrogen-bond acceptors (Lipinski definition) is 3. The zero-order valence-electron chi connectivity index (χ0n) is 9.10. The first-order valence-corrected chi connectivity index (χ1v) is 5.05. The van der Waals surface area contributed by atoms with E-state index in [1.165, 1.54) is 0 Å². The van der Waals surface area contributed by atoms with Gasteiger partial charge in [-0.25, -0.2) is 0 Å². The van der Waals surface area contributed by atoms with Crippen LogP contribution in [0.2, 0.25) is 0 Å². The Labute approximate surface area is 89.0 Å². The first-order valence-electron chi connectivity index (χ1n) is 5.05. The lowest BCUT2D eigenvalue weighted by Crippen LogP contribution is -2.30. The normalized spacial score (nSPS) is 25.6. The summed E-state index contributed by atoms with van der Waals surface area (Å²) in [4.78, 5) is 24.0. The summed E-state index contributed by atoms with van der Waals surface area (Å²) in [6, 6.07) is 0. The molecule has 0 bridgehead atoms. The zero-order chi connectivity index (χ0) is 11.4. The third kappa shape index (κ3) is 2.92. The number of ether oxygens (including phenoxy) is 1. The highest BCUT2D eigenvalue weighted by Crippen LogP contribution is 2.23. The molecule has 2 atom stereocenters. The van der Waals surface area contributed by atoms with Gasteiger partial charge in [0.15, 0.2) is 0 Å². The van der Waals surface area contributed by atoms with Crippen molar-refractivity contribution >= 4 is 11.9 Å². The molecule has 1 saturated heterocycles. The summed E-state index contributed by atoms with van der Waals surface area (Å²) in [6.07, 6.45) is 0.329. The van der Waals surface area contributed by atoms with Gasteiger partial charge in [-0.3, -0.25) is 9.59 Å². The number of carboxylic acids is 1. The molecule has 0 aliphatic carbocycles. The van der Waals surface area contributed by atoms with Gasteiger partial charge >= 0.3 is 5.97 Å². The van der Waals surface area contributed by atoms with Gasteiger partial charge in [0.1, 0.15) is 0 Å². The van der Waals surface area contributed by atoms with Crippen molar-refractivity contribution in [1.82, 2.24) is 4.90 Å². The van der Waals surface area contributed by atoms with E-state index in [1.54, 1.807) is 12.0 Å². The predicted molar refractivity (Wildman–Crippen MR) is 53.4 cm³/mol. The zero-order valence-corrected chi connectivity index (χ0v) is 9.10. The van der Waals surface area contributed by atoms with Crippen LogP contribution >= 0.6 is 0 Å². The van der Waals surface area contributed by atoms with Crippen LogP contribution in [0, 0.1) is 11.8 Å². The van der Waals surface area contributed by atoms with Gasteiger partial charge in [-0.05, 0) is 5.92 Å². The summed E-state index contributed by atoms with van der Waals surface area (Å²) in [5, 5.41) is 8.90. The molecule has 1 fully saturated rings. The number of aliphatic carboxylic acids is 1. The number of methoxy groups -OCH3 is 1. The van der Waals surface area contributed by atoms with Crippen molar-refractivity contribution in [2.45, 2.75) is 13.3 Å². The van der Waals surface area contributed by atoms with E-state index in [-0.39, 0.29) is 11.8 Å². The van der Waals surface area contributed by atoms with Gasteiger partial charge in [0.2, 0.25) is 5.91 Å². The van der Waals surface area contributed by atoms with Gasteiger partial charge in [-0.1, -0.05) is 6.92 Å². The van der Waals surface area contributed by atoms with E-state index < -0.39 is 11.9 Å². The van der Waals surface area contributed by atoms with Crippen LogP contribution in [0.4, 0.5) is 0 Å². The molecule has 1 aliphatic heterocycles. The minimum atomic E-state index is -0.815. The fourth-order valence-electron chi connectivity index (χ4n) is 1.84. The second kappa shape index (κ2) is 5.11. The molecule has 1 aliphatic rings. The number of carbonyl (C=O) groups excluding carboxylic acids is 1. The Balaban J connectivity index is 2.47. The number of carbonyl (C=O) groups is 2. The number of nitrogens with zero attached hydrogens (tertiary/aromatic N) is 1. The van der Waals surface area contributed by atoms with Gasteiger partial charge in [-0.2, -0.15) is 0 Å². The quantitative estimate of drug-likeness (QED) is 0.727. The molecule has 0 radical (unpaired) electrons. The van der Waals surface area contributed by atoms with Crippen molar-refractivity contribution in [3.8, 4) is 0 Å². The summed E-state index contributed by atoms with van der Waals surface area (Å²) in [7, 11) is 1.54. The summed E-state index contributed by atoms with van der Waals surface area (Å²) in [5.74, 6) is -1.22. The minimum absolute atomic E-state index is 0.0209. The Morgan fingerprint density at radius 3 is 2.60 bits per heavy atom. The van der Waals surface area contributed by atoms with Gasteiger partial charge in [0.05, 0.1) is 18.9 Å². The van der Waals surface area contributed by atoms with Crippen LogP contribution in [-0.4, -0.2) is 48.7 Å². The van der Waals surface area contributed by atoms with Gasteiger partial charge in [-0.15, -0.1) is 0 Å². The molecule has 15 heavy (non-hydrogen) atoms. The van der Waals surface area contributed by atoms with Gasteiger partial charge < -0.3 is 14.7 Å². The van der Waals surface area contributed by atoms with Crippen molar-refractivity contribution in [2.24, 2.45) is 11.8 Å². The van der Waals surface area contributed by atoms with Gasteiger partial charge in [0, 0.05) is 20.2 Å². The van der Waals surface area contributed by atoms with Crippen LogP contribution in [0.3, 0.4) is 0 Å². The molecule has 1 N–H and O–H groups in total. The summed E-state index contributed by atoms with van der Waals surface area (Å²) in [6.45, 7) is 3.13. The Kier molecular flexibility index (Phi) is 4.08. The molecule has 86 valence electrons. The van der Waals surface area contributed by atoms with Gasteiger partial charge in [0.25, 0.3) is 0 Å². The van der Waals surface area contributed by atoms with Crippen LogP contribution in [0.25, 0.3) is 0 Å². The van der Waals surface area contributed by atoms with E-state index in [1.807, 2.05) is 6.92 Å². The Morgan fingerprint density at radius 2 is 2.13 bits per heavy atom. The lowest BCUT2D eigenvalue weighted by Gasteiger charge is -2.15. The van der Waals surface area contributed by atoms with Crippen LogP contribution in [-0.2, 0) is 14.3 Å². The smallest absolute Gasteiger partial charge is 0.308 e. The SMILES string of the molecule is COCCC(=O)N1C[C@@H](C)[C@H](C(=O)O)C1. The first kappa shape index (κ1) is 12.0. The number of hydrogen-bond donors (Lipinski definition) is 1. The van der Waals surface area contributed by atoms with E-state index in [9.17, 15) is 9.59 Å². The maximum absolute atomic E-state index is 11.6. The highest BCUT2D eigenvalue weighted by molar-refractivity contribution is 5.79. The molecule has 0 spiro atoms. The monoisotopic (exact) mass is 215 g/mol. The van der Waals surface area contributed by atoms with E-state index >= 15 is 0 Å². The lowest BCUT2D eigenvalue weighted by atomic mass is 9.99. The number of carboxylic acid groups (broad SMARTS) is 1. The standard InChI is InChI=1S/C10H17NO4/c1-7-5-11(6-8(7)10(13)14)9(12)3-4-15-2/h7-8H,3-6H2,1-2H3,(H,13,14)/t7-,8-/m1/s1. The van der Waals surface area contributed by atoms with Crippen molar-refractivity contribution in [3.63, 3.8) is 0 Å². The number of likely N-dealkylation sites (tertiary alicyclic amines) is 1.